The highest BCUT2D eigenvalue weighted by molar-refractivity contribution is 5.82. The number of aromatic nitrogens is 3. The average Bonchev–Trinajstić information content (AvgIpc) is 3.34. The largest absolute Gasteiger partial charge is 0.454 e. The lowest BCUT2D eigenvalue weighted by Gasteiger charge is -2.03. The Labute approximate surface area is 145 Å². The van der Waals surface area contributed by atoms with Crippen LogP contribution in [0.1, 0.15) is 19.8 Å². The van der Waals surface area contributed by atoms with Crippen molar-refractivity contribution in [3.63, 3.8) is 0 Å². The first-order chi connectivity index (χ1) is 12.3. The fourth-order valence-corrected chi connectivity index (χ4v) is 3.47. The second kappa shape index (κ2) is 5.55. The monoisotopic (exact) mass is 333 g/mol. The van der Waals surface area contributed by atoms with E-state index in [1.165, 1.54) is 11.0 Å². The molecule has 2 aromatic heterocycles. The van der Waals surface area contributed by atoms with Gasteiger partial charge in [-0.25, -0.2) is 4.98 Å². The van der Waals surface area contributed by atoms with Gasteiger partial charge in [-0.1, -0.05) is 25.5 Å². The van der Waals surface area contributed by atoms with Crippen LogP contribution in [0, 0.1) is 0 Å². The van der Waals surface area contributed by atoms with Crippen molar-refractivity contribution < 1.29 is 9.47 Å². The van der Waals surface area contributed by atoms with Crippen molar-refractivity contribution in [2.45, 2.75) is 26.3 Å². The summed E-state index contributed by atoms with van der Waals surface area (Å²) in [6.45, 7) is 3.48. The summed E-state index contributed by atoms with van der Waals surface area (Å²) >= 11 is 0. The van der Waals surface area contributed by atoms with E-state index in [1.807, 2.05) is 18.2 Å². The van der Waals surface area contributed by atoms with Crippen molar-refractivity contribution >= 4 is 16.8 Å². The summed E-state index contributed by atoms with van der Waals surface area (Å²) in [5.74, 6) is 2.57. The Morgan fingerprint density at radius 3 is 2.76 bits per heavy atom. The number of hydrogen-bond donors (Lipinski definition) is 0. The lowest BCUT2D eigenvalue weighted by molar-refractivity contribution is 0.174. The Balaban J connectivity index is 1.68. The van der Waals surface area contributed by atoms with Gasteiger partial charge in [0.25, 0.3) is 0 Å². The third-order valence-corrected chi connectivity index (χ3v) is 4.76. The van der Waals surface area contributed by atoms with E-state index in [0.717, 1.165) is 47.9 Å². The molecule has 2 aromatic carbocycles. The second-order valence-corrected chi connectivity index (χ2v) is 6.36. The zero-order valence-electron chi connectivity index (χ0n) is 14.1. The third-order valence-electron chi connectivity index (χ3n) is 4.76. The first kappa shape index (κ1) is 14.4. The molecule has 1 aliphatic heterocycles. The van der Waals surface area contributed by atoms with Gasteiger partial charge in [-0.3, -0.25) is 4.40 Å². The fourth-order valence-electron chi connectivity index (χ4n) is 3.47. The number of fused-ring (bicyclic) bond motifs is 4. The van der Waals surface area contributed by atoms with Gasteiger partial charge in [-0.2, -0.15) is 0 Å². The van der Waals surface area contributed by atoms with Crippen LogP contribution in [-0.2, 0) is 6.54 Å². The molecule has 0 N–H and O–H groups in total. The number of unbranched alkanes of at least 4 members (excludes halogenated alkanes) is 1. The van der Waals surface area contributed by atoms with Gasteiger partial charge in [-0.05, 0) is 36.8 Å². The molecular weight excluding hydrogens is 314 g/mol. The number of benzene rings is 2. The van der Waals surface area contributed by atoms with Crippen molar-refractivity contribution in [2.24, 2.45) is 0 Å². The minimum atomic E-state index is 0.288. The molecule has 25 heavy (non-hydrogen) atoms. The van der Waals surface area contributed by atoms with Crippen molar-refractivity contribution in [1.82, 2.24) is 14.0 Å². The lowest BCUT2D eigenvalue weighted by atomic mass is 10.1. The van der Waals surface area contributed by atoms with E-state index in [2.05, 4.69) is 46.4 Å². The summed E-state index contributed by atoms with van der Waals surface area (Å²) in [6.07, 6.45) is 4.41. The van der Waals surface area contributed by atoms with Crippen LogP contribution in [0.3, 0.4) is 0 Å². The second-order valence-electron chi connectivity index (χ2n) is 6.36. The van der Waals surface area contributed by atoms with E-state index in [4.69, 9.17) is 14.5 Å². The van der Waals surface area contributed by atoms with Crippen molar-refractivity contribution in [2.75, 3.05) is 6.79 Å². The lowest BCUT2D eigenvalue weighted by Crippen LogP contribution is -1.98. The first-order valence-electron chi connectivity index (χ1n) is 8.71. The Hall–Kier alpha value is -2.95. The van der Waals surface area contributed by atoms with E-state index in [0.29, 0.717) is 0 Å². The van der Waals surface area contributed by atoms with Gasteiger partial charge in [0.05, 0.1) is 16.7 Å². The van der Waals surface area contributed by atoms with E-state index >= 15 is 0 Å². The SMILES string of the molecule is CCCCn1c2ccccc2n2cc(-c3ccc4c(c3)OCO4)nc12. The van der Waals surface area contributed by atoms with Crippen LogP contribution in [0.25, 0.3) is 28.1 Å². The molecule has 4 aromatic rings. The van der Waals surface area contributed by atoms with Crippen molar-refractivity contribution in [3.05, 3.63) is 48.7 Å². The molecule has 126 valence electrons. The quantitative estimate of drug-likeness (QED) is 0.553. The van der Waals surface area contributed by atoms with Crippen LogP contribution in [-0.4, -0.2) is 20.7 Å². The minimum Gasteiger partial charge on any atom is -0.454 e. The van der Waals surface area contributed by atoms with Crippen LogP contribution < -0.4 is 9.47 Å². The number of rotatable bonds is 4. The summed E-state index contributed by atoms with van der Waals surface area (Å²) in [6, 6.07) is 14.5. The molecule has 0 amide bonds. The smallest absolute Gasteiger partial charge is 0.231 e. The first-order valence-corrected chi connectivity index (χ1v) is 8.71. The molecule has 0 bridgehead atoms. The minimum absolute atomic E-state index is 0.288. The number of imidazole rings is 2. The highest BCUT2D eigenvalue weighted by atomic mass is 16.7. The predicted octanol–water partition coefficient (Wildman–Crippen LogP) is 4.48. The maximum absolute atomic E-state index is 5.50. The zero-order valence-corrected chi connectivity index (χ0v) is 14.1. The summed E-state index contributed by atoms with van der Waals surface area (Å²) in [4.78, 5) is 4.93. The molecule has 0 saturated carbocycles. The van der Waals surface area contributed by atoms with Crippen LogP contribution in [0.2, 0.25) is 0 Å². The Kier molecular flexibility index (Phi) is 3.20. The van der Waals surface area contributed by atoms with Crippen LogP contribution >= 0.6 is 0 Å². The summed E-state index contributed by atoms with van der Waals surface area (Å²) in [7, 11) is 0. The topological polar surface area (TPSA) is 40.7 Å². The molecule has 0 aliphatic carbocycles. The van der Waals surface area contributed by atoms with Crippen LogP contribution in [0.4, 0.5) is 0 Å². The van der Waals surface area contributed by atoms with Gasteiger partial charge in [-0.15, -0.1) is 0 Å². The van der Waals surface area contributed by atoms with Crippen molar-refractivity contribution in [3.8, 4) is 22.8 Å². The zero-order chi connectivity index (χ0) is 16.8. The van der Waals surface area contributed by atoms with Crippen LogP contribution in [0.15, 0.2) is 48.7 Å². The van der Waals surface area contributed by atoms with Gasteiger partial charge in [0.15, 0.2) is 11.5 Å². The van der Waals surface area contributed by atoms with E-state index < -0.39 is 0 Å². The molecule has 5 nitrogen and oxygen atoms in total. The average molecular weight is 333 g/mol. The molecule has 1 aliphatic rings. The Morgan fingerprint density at radius 2 is 1.88 bits per heavy atom. The van der Waals surface area contributed by atoms with Crippen molar-refractivity contribution in [1.29, 1.82) is 0 Å². The molecule has 5 heteroatoms. The van der Waals surface area contributed by atoms with Gasteiger partial charge >= 0.3 is 0 Å². The summed E-state index contributed by atoms with van der Waals surface area (Å²) in [5, 5.41) is 0. The fraction of sp³-hybridized carbons (Fsp3) is 0.250. The van der Waals surface area contributed by atoms with E-state index in [-0.39, 0.29) is 6.79 Å². The summed E-state index contributed by atoms with van der Waals surface area (Å²) < 4.78 is 15.4. The highest BCUT2D eigenvalue weighted by Gasteiger charge is 2.17. The van der Waals surface area contributed by atoms with Crippen LogP contribution in [0.5, 0.6) is 11.5 Å². The predicted molar refractivity (Wildman–Crippen MR) is 97.2 cm³/mol. The Bertz CT molecular complexity index is 1080. The van der Waals surface area contributed by atoms with Gasteiger partial charge in [0.2, 0.25) is 12.6 Å². The number of aryl methyl sites for hydroxylation is 1. The van der Waals surface area contributed by atoms with Gasteiger partial charge < -0.3 is 14.0 Å². The number of ether oxygens (including phenoxy) is 2. The number of nitrogens with zero attached hydrogens (tertiary/aromatic N) is 3. The molecule has 0 spiro atoms. The molecule has 0 radical (unpaired) electrons. The molecular formula is C20H19N3O2. The number of para-hydroxylation sites is 2. The molecule has 5 rings (SSSR count). The maximum atomic E-state index is 5.50. The highest BCUT2D eigenvalue weighted by Crippen LogP contribution is 2.36. The molecule has 0 unspecified atom stereocenters. The Morgan fingerprint density at radius 1 is 1.04 bits per heavy atom. The van der Waals surface area contributed by atoms with E-state index in [9.17, 15) is 0 Å². The van der Waals surface area contributed by atoms with E-state index in [1.54, 1.807) is 0 Å². The van der Waals surface area contributed by atoms with Gasteiger partial charge in [0.1, 0.15) is 0 Å². The number of hydrogen-bond acceptors (Lipinski definition) is 3. The molecule has 0 fully saturated rings. The third kappa shape index (κ3) is 2.19. The standard InChI is InChI=1S/C20H19N3O2/c1-2-3-10-22-16-6-4-5-7-17(16)23-12-15(21-20(22)23)14-8-9-18-19(11-14)25-13-24-18/h4-9,11-12H,2-3,10,13H2,1H3. The van der Waals surface area contributed by atoms with Gasteiger partial charge in [0, 0.05) is 18.3 Å². The summed E-state index contributed by atoms with van der Waals surface area (Å²) in [5.41, 5.74) is 4.41. The molecule has 0 atom stereocenters. The normalized spacial score (nSPS) is 13.2. The molecule has 0 saturated heterocycles. The molecule has 3 heterocycles. The maximum Gasteiger partial charge on any atom is 0.231 e.